The topological polar surface area (TPSA) is 67.5 Å². The first-order chi connectivity index (χ1) is 7.11. The van der Waals surface area contributed by atoms with Gasteiger partial charge in [0.2, 0.25) is 0 Å². The van der Waals surface area contributed by atoms with Crippen LogP contribution >= 0.6 is 0 Å². The van der Waals surface area contributed by atoms with Crippen LogP contribution in [0.5, 0.6) is 5.75 Å². The first kappa shape index (κ1) is 9.45. The summed E-state index contributed by atoms with van der Waals surface area (Å²) >= 11 is 0. The molecule has 0 atom stereocenters. The largest absolute Gasteiger partial charge is 0.507 e. The highest BCUT2D eigenvalue weighted by atomic mass is 16.4. The zero-order valence-electron chi connectivity index (χ0n) is 7.98. The van der Waals surface area contributed by atoms with Crippen molar-refractivity contribution in [1.82, 2.24) is 0 Å². The van der Waals surface area contributed by atoms with Crippen molar-refractivity contribution in [2.45, 2.75) is 6.92 Å². The molecule has 0 aliphatic carbocycles. The van der Waals surface area contributed by atoms with Gasteiger partial charge in [-0.3, -0.25) is 4.79 Å². The molecular weight excluding hydrogens is 196 g/mol. The van der Waals surface area contributed by atoms with Crippen molar-refractivity contribution in [2.24, 2.45) is 0 Å². The third-order valence-electron chi connectivity index (χ3n) is 2.18. The monoisotopic (exact) mass is 204 g/mol. The van der Waals surface area contributed by atoms with Crippen molar-refractivity contribution in [3.05, 3.63) is 39.7 Å². The molecule has 2 aromatic rings. The van der Waals surface area contributed by atoms with E-state index in [1.54, 1.807) is 13.0 Å². The lowest BCUT2D eigenvalue weighted by Gasteiger charge is -2.01. The van der Waals surface area contributed by atoms with Crippen LogP contribution in [-0.4, -0.2) is 11.4 Å². The molecule has 15 heavy (non-hydrogen) atoms. The number of hydrogen-bond donors (Lipinski definition) is 1. The molecule has 0 bridgehead atoms. The smallest absolute Gasteiger partial charge is 0.339 e. The zero-order chi connectivity index (χ0) is 11.0. The first-order valence-electron chi connectivity index (χ1n) is 4.34. The van der Waals surface area contributed by atoms with Crippen molar-refractivity contribution in [3.63, 3.8) is 0 Å². The molecule has 76 valence electrons. The third kappa shape index (κ3) is 1.50. The molecule has 0 radical (unpaired) electrons. The second kappa shape index (κ2) is 3.24. The third-order valence-corrected chi connectivity index (χ3v) is 2.18. The number of phenolic OH excluding ortho intramolecular Hbond substituents is 1. The van der Waals surface area contributed by atoms with E-state index in [0.29, 0.717) is 22.8 Å². The fraction of sp³-hybridized carbons (Fsp3) is 0.0909. The van der Waals surface area contributed by atoms with Gasteiger partial charge in [0.1, 0.15) is 11.3 Å². The highest BCUT2D eigenvalue weighted by Gasteiger charge is 2.06. The number of hydrogen-bond acceptors (Lipinski definition) is 4. The summed E-state index contributed by atoms with van der Waals surface area (Å²) in [4.78, 5) is 21.7. The minimum Gasteiger partial charge on any atom is -0.507 e. The Hall–Kier alpha value is -2.10. The fourth-order valence-corrected chi connectivity index (χ4v) is 1.37. The predicted molar refractivity (Wildman–Crippen MR) is 54.3 cm³/mol. The molecule has 2 rings (SSSR count). The van der Waals surface area contributed by atoms with Gasteiger partial charge in [-0.05, 0) is 25.1 Å². The van der Waals surface area contributed by atoms with E-state index in [1.165, 1.54) is 12.1 Å². The Morgan fingerprint density at radius 2 is 2.07 bits per heavy atom. The molecule has 0 amide bonds. The van der Waals surface area contributed by atoms with E-state index >= 15 is 0 Å². The van der Waals surface area contributed by atoms with Gasteiger partial charge in [-0.2, -0.15) is 0 Å². The summed E-state index contributed by atoms with van der Waals surface area (Å²) in [7, 11) is 0. The van der Waals surface area contributed by atoms with E-state index in [2.05, 4.69) is 0 Å². The molecule has 0 aliphatic heterocycles. The van der Waals surface area contributed by atoms with Crippen LogP contribution in [-0.2, 0) is 0 Å². The van der Waals surface area contributed by atoms with Gasteiger partial charge in [0.15, 0.2) is 6.29 Å². The van der Waals surface area contributed by atoms with Gasteiger partial charge in [0.05, 0.1) is 5.56 Å². The summed E-state index contributed by atoms with van der Waals surface area (Å²) in [6.45, 7) is 1.62. The maximum Gasteiger partial charge on any atom is 0.339 e. The minimum atomic E-state index is -0.440. The van der Waals surface area contributed by atoms with Crippen molar-refractivity contribution in [1.29, 1.82) is 0 Å². The van der Waals surface area contributed by atoms with Crippen LogP contribution in [0.4, 0.5) is 0 Å². The van der Waals surface area contributed by atoms with Crippen molar-refractivity contribution in [2.75, 3.05) is 0 Å². The summed E-state index contributed by atoms with van der Waals surface area (Å²) in [5, 5.41) is 10.0. The quantitative estimate of drug-likeness (QED) is 0.566. The van der Waals surface area contributed by atoms with Crippen LogP contribution < -0.4 is 5.63 Å². The molecule has 0 saturated heterocycles. The molecule has 4 nitrogen and oxygen atoms in total. The Labute approximate surface area is 84.8 Å². The summed E-state index contributed by atoms with van der Waals surface area (Å²) in [5.41, 5.74) is 0.422. The van der Waals surface area contributed by atoms with Crippen LogP contribution in [0.25, 0.3) is 11.0 Å². The Bertz CT molecular complexity index is 595. The second-order valence-corrected chi connectivity index (χ2v) is 3.28. The molecule has 1 N–H and O–H groups in total. The lowest BCUT2D eigenvalue weighted by atomic mass is 10.1. The van der Waals surface area contributed by atoms with E-state index in [9.17, 15) is 14.7 Å². The summed E-state index contributed by atoms with van der Waals surface area (Å²) in [5.74, 6) is -0.120. The van der Waals surface area contributed by atoms with Crippen LogP contribution in [0.15, 0.2) is 27.4 Å². The second-order valence-electron chi connectivity index (χ2n) is 3.28. The Kier molecular flexibility index (Phi) is 2.04. The Morgan fingerprint density at radius 1 is 1.33 bits per heavy atom. The molecule has 4 heteroatoms. The normalized spacial score (nSPS) is 10.5. The Balaban J connectivity index is 2.88. The van der Waals surface area contributed by atoms with Crippen molar-refractivity contribution in [3.8, 4) is 5.75 Å². The summed E-state index contributed by atoms with van der Waals surface area (Å²) < 4.78 is 4.96. The first-order valence-corrected chi connectivity index (χ1v) is 4.34. The van der Waals surface area contributed by atoms with Gasteiger partial charge < -0.3 is 9.52 Å². The van der Waals surface area contributed by atoms with E-state index in [4.69, 9.17) is 4.42 Å². The van der Waals surface area contributed by atoms with E-state index in [-0.39, 0.29) is 11.3 Å². The number of carbonyl (C=O) groups is 1. The highest BCUT2D eigenvalue weighted by Crippen LogP contribution is 2.23. The number of fused-ring (bicyclic) bond motifs is 1. The number of carbonyl (C=O) groups excluding carboxylic acids is 1. The number of aromatic hydroxyl groups is 1. The molecular formula is C11H8O4. The van der Waals surface area contributed by atoms with Crippen molar-refractivity contribution >= 4 is 17.3 Å². The van der Waals surface area contributed by atoms with Gasteiger partial charge in [-0.25, -0.2) is 4.79 Å². The van der Waals surface area contributed by atoms with E-state index < -0.39 is 5.63 Å². The number of aryl methyl sites for hydroxylation is 1. The average molecular weight is 204 g/mol. The van der Waals surface area contributed by atoms with Crippen LogP contribution in [0.1, 0.15) is 15.9 Å². The van der Waals surface area contributed by atoms with Gasteiger partial charge in [0.25, 0.3) is 0 Å². The number of phenols is 1. The number of rotatable bonds is 1. The molecule has 0 aliphatic rings. The van der Waals surface area contributed by atoms with Gasteiger partial charge in [0, 0.05) is 10.9 Å². The maximum absolute atomic E-state index is 11.2. The van der Waals surface area contributed by atoms with E-state index in [0.717, 1.165) is 0 Å². The minimum absolute atomic E-state index is 0.106. The van der Waals surface area contributed by atoms with Crippen molar-refractivity contribution < 1.29 is 14.3 Å². The van der Waals surface area contributed by atoms with Crippen LogP contribution in [0.2, 0.25) is 0 Å². The van der Waals surface area contributed by atoms with Gasteiger partial charge in [-0.15, -0.1) is 0 Å². The van der Waals surface area contributed by atoms with Crippen LogP contribution in [0.3, 0.4) is 0 Å². The molecule has 0 unspecified atom stereocenters. The molecule has 1 aromatic heterocycles. The average Bonchev–Trinajstić information content (AvgIpc) is 2.20. The van der Waals surface area contributed by atoms with Gasteiger partial charge >= 0.3 is 5.63 Å². The molecule has 1 aromatic carbocycles. The fourth-order valence-electron chi connectivity index (χ4n) is 1.37. The zero-order valence-corrected chi connectivity index (χ0v) is 7.98. The summed E-state index contributed by atoms with van der Waals surface area (Å²) in [6.07, 6.45) is 0.509. The molecule has 0 spiro atoms. The number of aldehydes is 1. The molecule has 0 fully saturated rings. The summed E-state index contributed by atoms with van der Waals surface area (Å²) in [6, 6.07) is 4.35. The predicted octanol–water partition coefficient (Wildman–Crippen LogP) is 1.62. The standard InChI is InChI=1S/C11H8O4/c1-6-2-7-3-9(13)8(5-12)4-10(7)15-11(6)14/h2-5,13H,1H3. The lowest BCUT2D eigenvalue weighted by Crippen LogP contribution is -2.02. The molecule has 1 heterocycles. The van der Waals surface area contributed by atoms with Gasteiger partial charge in [-0.1, -0.05) is 0 Å². The highest BCUT2D eigenvalue weighted by molar-refractivity contribution is 5.89. The lowest BCUT2D eigenvalue weighted by molar-refractivity contribution is 0.112. The molecule has 0 saturated carbocycles. The number of benzene rings is 1. The van der Waals surface area contributed by atoms with Crippen LogP contribution in [0, 0.1) is 6.92 Å². The Morgan fingerprint density at radius 3 is 2.73 bits per heavy atom. The SMILES string of the molecule is Cc1cc2cc(O)c(C=O)cc2oc1=O. The van der Waals surface area contributed by atoms with E-state index in [1.807, 2.05) is 0 Å². The maximum atomic E-state index is 11.2.